The fourth-order valence-corrected chi connectivity index (χ4v) is 6.47. The molecule has 2 heterocycles. The standard InChI is InChI=1S/C25H32N2O4/c1-31-22-10-5-4-9-21(22)25(30)17-11-12-18(25)16-26(15-17)13-6-14-27-23(28)19-7-2-3-8-20(19)24(27)29/h2-5,9-10,17-20,30H,6-8,11-16H2,1H3/t17-,18+,19?,20?,25?. The summed E-state index contributed by atoms with van der Waals surface area (Å²) in [5.41, 5.74) is 0.0706. The molecule has 1 aromatic rings. The van der Waals surface area contributed by atoms with Crippen molar-refractivity contribution in [2.75, 3.05) is 33.3 Å². The number of rotatable bonds is 6. The number of carbonyl (C=O) groups is 2. The lowest BCUT2D eigenvalue weighted by molar-refractivity contribution is -0.140. The minimum Gasteiger partial charge on any atom is -0.496 e. The Morgan fingerprint density at radius 1 is 1.00 bits per heavy atom. The van der Waals surface area contributed by atoms with Crippen molar-refractivity contribution in [1.29, 1.82) is 0 Å². The maximum atomic E-state index is 12.7. The second kappa shape index (κ2) is 8.06. The maximum Gasteiger partial charge on any atom is 0.233 e. The Bertz CT molecular complexity index is 857. The van der Waals surface area contributed by atoms with Gasteiger partial charge in [0.25, 0.3) is 0 Å². The summed E-state index contributed by atoms with van der Waals surface area (Å²) in [5.74, 6) is 0.862. The molecule has 0 radical (unpaired) electrons. The molecule has 2 amide bonds. The van der Waals surface area contributed by atoms with Gasteiger partial charge in [-0.15, -0.1) is 0 Å². The van der Waals surface area contributed by atoms with Gasteiger partial charge in [-0.25, -0.2) is 0 Å². The minimum absolute atomic E-state index is 0.0172. The number of ether oxygens (including phenoxy) is 1. The molecule has 4 aliphatic rings. The molecule has 5 atom stereocenters. The van der Waals surface area contributed by atoms with Gasteiger partial charge in [-0.3, -0.25) is 14.5 Å². The molecule has 31 heavy (non-hydrogen) atoms. The van der Waals surface area contributed by atoms with Crippen molar-refractivity contribution < 1.29 is 19.4 Å². The topological polar surface area (TPSA) is 70.1 Å². The molecule has 5 rings (SSSR count). The second-order valence-electron chi connectivity index (χ2n) is 9.59. The van der Waals surface area contributed by atoms with Crippen LogP contribution >= 0.6 is 0 Å². The number of likely N-dealkylation sites (tertiary alicyclic amines) is 2. The van der Waals surface area contributed by atoms with E-state index >= 15 is 0 Å². The number of carbonyl (C=O) groups excluding carboxylic acids is 2. The second-order valence-corrected chi connectivity index (χ2v) is 9.59. The predicted octanol–water partition coefficient (Wildman–Crippen LogP) is 2.57. The van der Waals surface area contributed by atoms with E-state index in [-0.39, 0.29) is 35.5 Å². The first-order chi connectivity index (χ1) is 15.0. The summed E-state index contributed by atoms with van der Waals surface area (Å²) in [5, 5.41) is 11.7. The molecular formula is C25H32N2O4. The first kappa shape index (κ1) is 20.7. The molecule has 2 bridgehead atoms. The van der Waals surface area contributed by atoms with E-state index in [0.29, 0.717) is 19.4 Å². The van der Waals surface area contributed by atoms with E-state index < -0.39 is 5.60 Å². The molecule has 2 aliphatic carbocycles. The van der Waals surface area contributed by atoms with Gasteiger partial charge in [0.2, 0.25) is 11.8 Å². The van der Waals surface area contributed by atoms with E-state index in [1.165, 1.54) is 4.90 Å². The van der Waals surface area contributed by atoms with Crippen LogP contribution in [-0.2, 0) is 15.2 Å². The molecule has 2 aliphatic heterocycles. The lowest BCUT2D eigenvalue weighted by Gasteiger charge is -2.45. The molecule has 6 nitrogen and oxygen atoms in total. The molecule has 0 spiro atoms. The summed E-state index contributed by atoms with van der Waals surface area (Å²) >= 11 is 0. The number of imide groups is 1. The number of amides is 2. The first-order valence-corrected chi connectivity index (χ1v) is 11.6. The molecule has 3 unspecified atom stereocenters. The van der Waals surface area contributed by atoms with Gasteiger partial charge >= 0.3 is 0 Å². The zero-order valence-corrected chi connectivity index (χ0v) is 18.2. The van der Waals surface area contributed by atoms with E-state index in [1.54, 1.807) is 7.11 Å². The van der Waals surface area contributed by atoms with E-state index in [0.717, 1.165) is 50.2 Å². The van der Waals surface area contributed by atoms with Crippen LogP contribution in [0.2, 0.25) is 0 Å². The minimum atomic E-state index is -0.841. The maximum absolute atomic E-state index is 12.7. The number of piperidine rings is 1. The van der Waals surface area contributed by atoms with Gasteiger partial charge in [0, 0.05) is 37.0 Å². The Labute approximate surface area is 183 Å². The molecular weight excluding hydrogens is 392 g/mol. The van der Waals surface area contributed by atoms with Gasteiger partial charge in [0.15, 0.2) is 0 Å². The summed E-state index contributed by atoms with van der Waals surface area (Å²) in [7, 11) is 1.66. The van der Waals surface area contributed by atoms with Crippen LogP contribution in [-0.4, -0.2) is 60.0 Å². The number of allylic oxidation sites excluding steroid dienone is 2. The van der Waals surface area contributed by atoms with Crippen LogP contribution in [0.1, 0.15) is 37.7 Å². The molecule has 166 valence electrons. The Hall–Kier alpha value is -2.18. The number of methoxy groups -OCH3 is 1. The summed E-state index contributed by atoms with van der Waals surface area (Å²) in [4.78, 5) is 29.2. The predicted molar refractivity (Wildman–Crippen MR) is 116 cm³/mol. The summed E-state index contributed by atoms with van der Waals surface area (Å²) in [6.45, 7) is 3.02. The Morgan fingerprint density at radius 2 is 1.61 bits per heavy atom. The summed E-state index contributed by atoms with van der Waals surface area (Å²) in [6.07, 6.45) is 8.26. The van der Waals surface area contributed by atoms with Crippen molar-refractivity contribution in [3.63, 3.8) is 0 Å². The Kier molecular flexibility index (Phi) is 5.39. The Balaban J connectivity index is 1.20. The van der Waals surface area contributed by atoms with Crippen molar-refractivity contribution >= 4 is 11.8 Å². The number of nitrogens with zero attached hydrogens (tertiary/aromatic N) is 2. The van der Waals surface area contributed by atoms with Crippen LogP contribution in [0.4, 0.5) is 0 Å². The van der Waals surface area contributed by atoms with E-state index in [4.69, 9.17) is 4.74 Å². The number of fused-ring (bicyclic) bond motifs is 3. The smallest absolute Gasteiger partial charge is 0.233 e. The molecule has 6 heteroatoms. The monoisotopic (exact) mass is 424 g/mol. The fourth-order valence-electron chi connectivity index (χ4n) is 6.47. The SMILES string of the molecule is COc1ccccc1C1(O)[C@@H]2CC[C@H]1CN(CCCN1C(=O)C3CC=CCC3C1=O)C2. The van der Waals surface area contributed by atoms with Crippen molar-refractivity contribution in [3.8, 4) is 5.75 Å². The van der Waals surface area contributed by atoms with Crippen molar-refractivity contribution in [1.82, 2.24) is 9.80 Å². The molecule has 2 saturated heterocycles. The Morgan fingerprint density at radius 3 is 2.23 bits per heavy atom. The lowest BCUT2D eigenvalue weighted by Crippen LogP contribution is -2.52. The third-order valence-electron chi connectivity index (χ3n) is 8.06. The van der Waals surface area contributed by atoms with Gasteiger partial charge in [-0.2, -0.15) is 0 Å². The van der Waals surface area contributed by atoms with Gasteiger partial charge < -0.3 is 14.7 Å². The van der Waals surface area contributed by atoms with Crippen molar-refractivity contribution in [2.24, 2.45) is 23.7 Å². The van der Waals surface area contributed by atoms with Crippen molar-refractivity contribution in [2.45, 2.75) is 37.7 Å². The number of aliphatic hydroxyl groups is 1. The molecule has 3 fully saturated rings. The highest BCUT2D eigenvalue weighted by Crippen LogP contribution is 2.53. The van der Waals surface area contributed by atoms with Crippen molar-refractivity contribution in [3.05, 3.63) is 42.0 Å². The van der Waals surface area contributed by atoms with Crippen LogP contribution < -0.4 is 4.74 Å². The van der Waals surface area contributed by atoms with Gasteiger partial charge in [0.05, 0.1) is 18.9 Å². The first-order valence-electron chi connectivity index (χ1n) is 11.6. The van der Waals surface area contributed by atoms with Crippen LogP contribution in [0.5, 0.6) is 5.75 Å². The van der Waals surface area contributed by atoms with E-state index in [2.05, 4.69) is 4.90 Å². The zero-order valence-electron chi connectivity index (χ0n) is 18.2. The number of benzene rings is 1. The average molecular weight is 425 g/mol. The van der Waals surface area contributed by atoms with Gasteiger partial charge in [-0.05, 0) is 44.7 Å². The largest absolute Gasteiger partial charge is 0.496 e. The molecule has 0 aromatic heterocycles. The van der Waals surface area contributed by atoms with Gasteiger partial charge in [0.1, 0.15) is 11.4 Å². The van der Waals surface area contributed by atoms with Crippen LogP contribution in [0.25, 0.3) is 0 Å². The van der Waals surface area contributed by atoms with Crippen LogP contribution in [0.15, 0.2) is 36.4 Å². The highest BCUT2D eigenvalue weighted by molar-refractivity contribution is 6.05. The number of para-hydroxylation sites is 1. The number of hydrogen-bond donors (Lipinski definition) is 1. The molecule has 1 aromatic carbocycles. The fraction of sp³-hybridized carbons (Fsp3) is 0.600. The highest BCUT2D eigenvalue weighted by Gasteiger charge is 2.55. The normalized spacial score (nSPS) is 35.0. The summed E-state index contributed by atoms with van der Waals surface area (Å²) in [6, 6.07) is 7.84. The third kappa shape index (κ3) is 3.31. The third-order valence-corrected chi connectivity index (χ3v) is 8.06. The zero-order chi connectivity index (χ0) is 21.6. The average Bonchev–Trinajstić information content (AvgIpc) is 3.11. The quantitative estimate of drug-likeness (QED) is 0.562. The summed E-state index contributed by atoms with van der Waals surface area (Å²) < 4.78 is 5.55. The van der Waals surface area contributed by atoms with E-state index in [1.807, 2.05) is 36.4 Å². The van der Waals surface area contributed by atoms with Crippen LogP contribution in [0, 0.1) is 23.7 Å². The van der Waals surface area contributed by atoms with Crippen LogP contribution in [0.3, 0.4) is 0 Å². The lowest BCUT2D eigenvalue weighted by atomic mass is 9.75. The number of hydrogen-bond acceptors (Lipinski definition) is 5. The highest BCUT2D eigenvalue weighted by atomic mass is 16.5. The van der Waals surface area contributed by atoms with Gasteiger partial charge in [-0.1, -0.05) is 30.4 Å². The molecule has 1 saturated carbocycles. The van der Waals surface area contributed by atoms with E-state index in [9.17, 15) is 14.7 Å². The molecule has 1 N–H and O–H groups in total.